The fraction of sp³-hybridized carbons (Fsp3) is 0.625. The lowest BCUT2D eigenvalue weighted by molar-refractivity contribution is 0.0654. The molecule has 74 valence electrons. The Morgan fingerprint density at radius 3 is 2.92 bits per heavy atom. The van der Waals surface area contributed by atoms with Crippen LogP contribution >= 0.6 is 0 Å². The monoisotopic (exact) mass is 185 g/mol. The Balaban J connectivity index is 2.06. The summed E-state index contributed by atoms with van der Waals surface area (Å²) < 4.78 is 11.8. The van der Waals surface area contributed by atoms with Gasteiger partial charge in [0.15, 0.2) is 0 Å². The minimum Gasteiger partial charge on any atom is -0.382 e. The van der Waals surface area contributed by atoms with Crippen LogP contribution in [-0.4, -0.2) is 36.7 Å². The van der Waals surface area contributed by atoms with Crippen LogP contribution in [0.3, 0.4) is 0 Å². The number of nitrogens with two attached hydrogens (primary N) is 1. The lowest BCUT2D eigenvalue weighted by Gasteiger charge is -2.03. The molecule has 0 atom stereocenters. The molecule has 5 nitrogen and oxygen atoms in total. The Morgan fingerprint density at radius 1 is 1.46 bits per heavy atom. The van der Waals surface area contributed by atoms with Crippen molar-refractivity contribution in [2.24, 2.45) is 0 Å². The van der Waals surface area contributed by atoms with Gasteiger partial charge in [0.1, 0.15) is 5.82 Å². The molecule has 13 heavy (non-hydrogen) atoms. The summed E-state index contributed by atoms with van der Waals surface area (Å²) in [5.41, 5.74) is 5.44. The Bertz CT molecular complexity index is 237. The van der Waals surface area contributed by atoms with Crippen molar-refractivity contribution in [3.8, 4) is 0 Å². The number of hydrogen-bond acceptors (Lipinski definition) is 4. The van der Waals surface area contributed by atoms with Crippen LogP contribution in [0.1, 0.15) is 0 Å². The second-order valence-electron chi connectivity index (χ2n) is 2.61. The smallest absolute Gasteiger partial charge is 0.145 e. The summed E-state index contributed by atoms with van der Waals surface area (Å²) in [5, 5.41) is 4.01. The molecule has 1 rings (SSSR count). The van der Waals surface area contributed by atoms with E-state index in [-0.39, 0.29) is 0 Å². The third-order valence-electron chi connectivity index (χ3n) is 1.56. The molecule has 0 amide bonds. The van der Waals surface area contributed by atoms with E-state index in [9.17, 15) is 0 Å². The van der Waals surface area contributed by atoms with Crippen LogP contribution in [0.25, 0.3) is 0 Å². The van der Waals surface area contributed by atoms with Crippen LogP contribution in [0, 0.1) is 0 Å². The van der Waals surface area contributed by atoms with E-state index in [1.807, 2.05) is 6.20 Å². The number of nitrogen functional groups attached to an aromatic ring is 1. The molecule has 0 spiro atoms. The lowest BCUT2D eigenvalue weighted by atomic mass is 10.6. The molecule has 0 aliphatic rings. The summed E-state index contributed by atoms with van der Waals surface area (Å²) in [6, 6.07) is 1.76. The quantitative estimate of drug-likeness (QED) is 0.640. The van der Waals surface area contributed by atoms with Gasteiger partial charge in [-0.1, -0.05) is 0 Å². The van der Waals surface area contributed by atoms with Gasteiger partial charge in [-0.3, -0.25) is 4.68 Å². The van der Waals surface area contributed by atoms with Crippen molar-refractivity contribution in [1.29, 1.82) is 0 Å². The summed E-state index contributed by atoms with van der Waals surface area (Å²) >= 11 is 0. The van der Waals surface area contributed by atoms with Crippen LogP contribution in [0.4, 0.5) is 5.82 Å². The summed E-state index contributed by atoms with van der Waals surface area (Å²) in [6.07, 6.45) is 1.83. The predicted octanol–water partition coefficient (Wildman–Crippen LogP) is 0.128. The Kier molecular flexibility index (Phi) is 4.28. The molecule has 0 aliphatic heterocycles. The van der Waals surface area contributed by atoms with E-state index in [0.717, 1.165) is 6.54 Å². The number of anilines is 1. The van der Waals surface area contributed by atoms with Gasteiger partial charge < -0.3 is 15.2 Å². The Morgan fingerprint density at radius 2 is 2.31 bits per heavy atom. The highest BCUT2D eigenvalue weighted by molar-refractivity contribution is 5.23. The predicted molar refractivity (Wildman–Crippen MR) is 49.3 cm³/mol. The third kappa shape index (κ3) is 3.91. The highest BCUT2D eigenvalue weighted by Crippen LogP contribution is 1.94. The first-order chi connectivity index (χ1) is 6.33. The van der Waals surface area contributed by atoms with Crippen molar-refractivity contribution in [2.45, 2.75) is 6.54 Å². The van der Waals surface area contributed by atoms with Gasteiger partial charge in [-0.25, -0.2) is 0 Å². The summed E-state index contributed by atoms with van der Waals surface area (Å²) in [6.45, 7) is 2.60. The highest BCUT2D eigenvalue weighted by atomic mass is 16.5. The van der Waals surface area contributed by atoms with E-state index in [0.29, 0.717) is 25.6 Å². The third-order valence-corrected chi connectivity index (χ3v) is 1.56. The fourth-order valence-electron chi connectivity index (χ4n) is 0.904. The number of ether oxygens (including phenoxy) is 2. The van der Waals surface area contributed by atoms with Gasteiger partial charge in [0, 0.05) is 13.3 Å². The topological polar surface area (TPSA) is 62.3 Å². The van der Waals surface area contributed by atoms with Crippen molar-refractivity contribution in [3.63, 3.8) is 0 Å². The van der Waals surface area contributed by atoms with Gasteiger partial charge in [0.05, 0.1) is 26.4 Å². The van der Waals surface area contributed by atoms with Crippen LogP contribution in [0.5, 0.6) is 0 Å². The standard InChI is InChI=1S/C8H15N3O2/c1-12-6-7-13-5-4-11-3-2-8(9)10-11/h2-3H,4-7H2,1H3,(H2,9,10). The normalized spacial score (nSPS) is 10.5. The number of methoxy groups -OCH3 is 1. The summed E-state index contributed by atoms with van der Waals surface area (Å²) in [7, 11) is 1.65. The van der Waals surface area contributed by atoms with Gasteiger partial charge in [0.2, 0.25) is 0 Å². The van der Waals surface area contributed by atoms with E-state index in [4.69, 9.17) is 15.2 Å². The number of nitrogens with zero attached hydrogens (tertiary/aromatic N) is 2. The first kappa shape index (κ1) is 10.0. The van der Waals surface area contributed by atoms with Crippen molar-refractivity contribution in [1.82, 2.24) is 9.78 Å². The molecule has 0 aromatic carbocycles. The van der Waals surface area contributed by atoms with Gasteiger partial charge >= 0.3 is 0 Å². The largest absolute Gasteiger partial charge is 0.382 e. The molecular formula is C8H15N3O2. The van der Waals surface area contributed by atoms with E-state index < -0.39 is 0 Å². The molecule has 0 saturated carbocycles. The van der Waals surface area contributed by atoms with Crippen molar-refractivity contribution in [2.75, 3.05) is 32.7 Å². The molecule has 1 aromatic heterocycles. The zero-order valence-corrected chi connectivity index (χ0v) is 7.77. The van der Waals surface area contributed by atoms with Crippen molar-refractivity contribution >= 4 is 5.82 Å². The average Bonchev–Trinajstić information content (AvgIpc) is 2.51. The van der Waals surface area contributed by atoms with Crippen LogP contribution < -0.4 is 5.73 Å². The number of rotatable bonds is 6. The van der Waals surface area contributed by atoms with E-state index in [2.05, 4.69) is 5.10 Å². The maximum Gasteiger partial charge on any atom is 0.145 e. The van der Waals surface area contributed by atoms with Gasteiger partial charge in [-0.2, -0.15) is 5.10 Å². The molecule has 0 radical (unpaired) electrons. The maximum atomic E-state index is 5.44. The average molecular weight is 185 g/mol. The van der Waals surface area contributed by atoms with E-state index >= 15 is 0 Å². The molecule has 5 heteroatoms. The summed E-state index contributed by atoms with van der Waals surface area (Å²) in [5.74, 6) is 0.539. The van der Waals surface area contributed by atoms with Crippen LogP contribution in [0.15, 0.2) is 12.3 Å². The first-order valence-electron chi connectivity index (χ1n) is 4.18. The molecule has 2 N–H and O–H groups in total. The highest BCUT2D eigenvalue weighted by Gasteiger charge is 1.93. The first-order valence-corrected chi connectivity index (χ1v) is 4.18. The second-order valence-corrected chi connectivity index (χ2v) is 2.61. The lowest BCUT2D eigenvalue weighted by Crippen LogP contribution is -2.09. The fourth-order valence-corrected chi connectivity index (χ4v) is 0.904. The zero-order valence-electron chi connectivity index (χ0n) is 7.77. The van der Waals surface area contributed by atoms with E-state index in [1.165, 1.54) is 0 Å². The molecule has 1 heterocycles. The number of hydrogen-bond donors (Lipinski definition) is 1. The molecule has 0 saturated heterocycles. The molecular weight excluding hydrogens is 170 g/mol. The van der Waals surface area contributed by atoms with Gasteiger partial charge in [-0.05, 0) is 6.07 Å². The molecule has 0 fully saturated rings. The number of aromatic nitrogens is 2. The van der Waals surface area contributed by atoms with Crippen LogP contribution in [-0.2, 0) is 16.0 Å². The minimum absolute atomic E-state index is 0.539. The molecule has 0 bridgehead atoms. The Labute approximate surface area is 77.4 Å². The van der Waals surface area contributed by atoms with Gasteiger partial charge in [-0.15, -0.1) is 0 Å². The summed E-state index contributed by atoms with van der Waals surface area (Å²) in [4.78, 5) is 0. The van der Waals surface area contributed by atoms with E-state index in [1.54, 1.807) is 17.9 Å². The Hall–Kier alpha value is -1.07. The van der Waals surface area contributed by atoms with Crippen molar-refractivity contribution < 1.29 is 9.47 Å². The zero-order chi connectivity index (χ0) is 9.52. The molecule has 0 aliphatic carbocycles. The SMILES string of the molecule is COCCOCCn1ccc(N)n1. The molecule has 1 aromatic rings. The maximum absolute atomic E-state index is 5.44. The van der Waals surface area contributed by atoms with Crippen molar-refractivity contribution in [3.05, 3.63) is 12.3 Å². The van der Waals surface area contributed by atoms with Gasteiger partial charge in [0.25, 0.3) is 0 Å². The van der Waals surface area contributed by atoms with Crippen LogP contribution in [0.2, 0.25) is 0 Å². The second kappa shape index (κ2) is 5.55. The molecule has 0 unspecified atom stereocenters. The minimum atomic E-state index is 0.539.